The van der Waals surface area contributed by atoms with E-state index < -0.39 is 0 Å². The van der Waals surface area contributed by atoms with Crippen molar-refractivity contribution in [3.8, 4) is 0 Å². The molecule has 0 bridgehead atoms. The molecule has 1 aromatic carbocycles. The molecule has 1 aliphatic rings. The molecule has 0 radical (unpaired) electrons. The third-order valence-electron chi connectivity index (χ3n) is 3.77. The van der Waals surface area contributed by atoms with E-state index in [0.29, 0.717) is 0 Å². The number of hydrogen-bond donors (Lipinski definition) is 2. The summed E-state index contributed by atoms with van der Waals surface area (Å²) in [5.74, 6) is 0.0462. The van der Waals surface area contributed by atoms with E-state index in [2.05, 4.69) is 27.8 Å². The van der Waals surface area contributed by atoms with Crippen molar-refractivity contribution in [2.45, 2.75) is 38.9 Å². The first kappa shape index (κ1) is 14.2. The molecule has 0 fully saturated rings. The Kier molecular flexibility index (Phi) is 4.03. The molecule has 1 unspecified atom stereocenters. The highest BCUT2D eigenvalue weighted by Gasteiger charge is 2.25. The van der Waals surface area contributed by atoms with Crippen molar-refractivity contribution in [1.82, 2.24) is 15.6 Å². The number of fused-ring (bicyclic) bond motifs is 1. The van der Waals surface area contributed by atoms with Crippen LogP contribution in [0.5, 0.6) is 0 Å². The fourth-order valence-electron chi connectivity index (χ4n) is 2.59. The second-order valence-electron chi connectivity index (χ2n) is 5.45. The molecule has 3 rings (SSSR count). The number of carbonyl (C=O) groups is 1. The van der Waals surface area contributed by atoms with Crippen LogP contribution in [0.1, 0.15) is 34.0 Å². The highest BCUT2D eigenvalue weighted by atomic mass is 32.1. The minimum absolute atomic E-state index is 0.0461. The van der Waals surface area contributed by atoms with Gasteiger partial charge in [-0.2, -0.15) is 0 Å². The van der Waals surface area contributed by atoms with Gasteiger partial charge >= 0.3 is 0 Å². The molecule has 0 saturated carbocycles. The molecule has 110 valence electrons. The largest absolute Gasteiger partial charge is 0.346 e. The lowest BCUT2D eigenvalue weighted by molar-refractivity contribution is -0.124. The molecule has 1 amide bonds. The molecule has 2 atom stereocenters. The van der Waals surface area contributed by atoms with Crippen molar-refractivity contribution in [2.24, 2.45) is 0 Å². The second kappa shape index (κ2) is 5.95. The fourth-order valence-corrected chi connectivity index (χ4v) is 3.36. The minimum atomic E-state index is -0.164. The molecule has 0 saturated heterocycles. The number of aromatic nitrogens is 1. The molecular formula is C16H19N3OS. The van der Waals surface area contributed by atoms with E-state index in [1.807, 2.05) is 32.2 Å². The van der Waals surface area contributed by atoms with Gasteiger partial charge < -0.3 is 10.6 Å². The van der Waals surface area contributed by atoms with Crippen LogP contribution in [0.15, 0.2) is 30.5 Å². The highest BCUT2D eigenvalue weighted by Crippen LogP contribution is 2.20. The molecule has 4 nitrogen and oxygen atoms in total. The van der Waals surface area contributed by atoms with E-state index in [0.717, 1.165) is 22.9 Å². The van der Waals surface area contributed by atoms with Gasteiger partial charge in [0.15, 0.2) is 0 Å². The zero-order valence-electron chi connectivity index (χ0n) is 12.2. The van der Waals surface area contributed by atoms with Crippen molar-refractivity contribution in [2.75, 3.05) is 0 Å². The summed E-state index contributed by atoms with van der Waals surface area (Å²) < 4.78 is 0. The van der Waals surface area contributed by atoms with Crippen LogP contribution in [0.4, 0.5) is 0 Å². The maximum Gasteiger partial charge on any atom is 0.238 e. The normalized spacial score (nSPS) is 18.9. The number of nitrogens with one attached hydrogen (secondary N) is 2. The summed E-state index contributed by atoms with van der Waals surface area (Å²) in [6, 6.07) is 8.06. The maximum absolute atomic E-state index is 12.4. The Labute approximate surface area is 128 Å². The van der Waals surface area contributed by atoms with Gasteiger partial charge in [-0.05, 0) is 31.4 Å². The zero-order chi connectivity index (χ0) is 14.8. The van der Waals surface area contributed by atoms with Gasteiger partial charge in [0, 0.05) is 17.6 Å². The number of benzene rings is 1. The summed E-state index contributed by atoms with van der Waals surface area (Å²) in [6.45, 7) is 4.75. The molecule has 21 heavy (non-hydrogen) atoms. The zero-order valence-corrected chi connectivity index (χ0v) is 13.0. The van der Waals surface area contributed by atoms with Crippen LogP contribution in [-0.2, 0) is 17.8 Å². The minimum Gasteiger partial charge on any atom is -0.346 e. The smallest absolute Gasteiger partial charge is 0.238 e. The topological polar surface area (TPSA) is 54.0 Å². The molecule has 5 heteroatoms. The van der Waals surface area contributed by atoms with Gasteiger partial charge in [-0.3, -0.25) is 4.79 Å². The van der Waals surface area contributed by atoms with Crippen molar-refractivity contribution in [1.29, 1.82) is 0 Å². The Morgan fingerprint density at radius 1 is 1.43 bits per heavy atom. The average molecular weight is 301 g/mol. The van der Waals surface area contributed by atoms with Crippen LogP contribution < -0.4 is 10.6 Å². The quantitative estimate of drug-likeness (QED) is 0.915. The lowest BCUT2D eigenvalue weighted by Crippen LogP contribution is -2.48. The average Bonchev–Trinajstić information content (AvgIpc) is 2.93. The first-order valence-corrected chi connectivity index (χ1v) is 7.98. The van der Waals surface area contributed by atoms with Crippen molar-refractivity contribution in [3.63, 3.8) is 0 Å². The maximum atomic E-state index is 12.4. The molecule has 1 aromatic heterocycles. The summed E-state index contributed by atoms with van der Waals surface area (Å²) in [4.78, 5) is 17.9. The van der Waals surface area contributed by atoms with Crippen molar-refractivity contribution >= 4 is 17.2 Å². The van der Waals surface area contributed by atoms with Gasteiger partial charge in [0.2, 0.25) is 5.91 Å². The molecule has 0 spiro atoms. The first-order valence-electron chi connectivity index (χ1n) is 7.16. The van der Waals surface area contributed by atoms with Crippen LogP contribution in [0.3, 0.4) is 0 Å². The van der Waals surface area contributed by atoms with E-state index in [1.165, 1.54) is 11.1 Å². The van der Waals surface area contributed by atoms with Crippen LogP contribution in [0.25, 0.3) is 0 Å². The van der Waals surface area contributed by atoms with Gasteiger partial charge in [0.1, 0.15) is 5.01 Å². The molecule has 2 N–H and O–H groups in total. The Morgan fingerprint density at radius 2 is 2.19 bits per heavy atom. The standard InChI is InChI=1S/C16H19N3OS/c1-10-8-18-16(21-10)11(2)19-15(20)14-7-12-5-3-4-6-13(12)9-17-14/h3-6,8,11,14,17H,7,9H2,1-2H3,(H,19,20)/t11?,14-/m0/s1. The van der Waals surface area contributed by atoms with E-state index in [-0.39, 0.29) is 18.0 Å². The van der Waals surface area contributed by atoms with Gasteiger partial charge in [-0.1, -0.05) is 24.3 Å². The SMILES string of the molecule is Cc1cnc(C(C)NC(=O)[C@@H]2Cc3ccccc3CN2)s1. The number of carbonyl (C=O) groups excluding carboxylic acids is 1. The lowest BCUT2D eigenvalue weighted by Gasteiger charge is -2.26. The highest BCUT2D eigenvalue weighted by molar-refractivity contribution is 7.11. The Morgan fingerprint density at radius 3 is 2.90 bits per heavy atom. The summed E-state index contributed by atoms with van der Waals surface area (Å²) in [5.41, 5.74) is 2.54. The van der Waals surface area contributed by atoms with Gasteiger partial charge in [0.25, 0.3) is 0 Å². The number of amides is 1. The summed E-state index contributed by atoms with van der Waals surface area (Å²) in [5, 5.41) is 7.32. The third kappa shape index (κ3) is 3.14. The van der Waals surface area contributed by atoms with Gasteiger partial charge in [0.05, 0.1) is 12.1 Å². The van der Waals surface area contributed by atoms with Crippen LogP contribution in [-0.4, -0.2) is 16.9 Å². The van der Waals surface area contributed by atoms with Crippen molar-refractivity contribution < 1.29 is 4.79 Å². The fraction of sp³-hybridized carbons (Fsp3) is 0.375. The molecule has 2 aromatic rings. The summed E-state index contributed by atoms with van der Waals surface area (Å²) >= 11 is 1.63. The van der Waals surface area contributed by atoms with E-state index in [1.54, 1.807) is 11.3 Å². The molecule has 1 aliphatic heterocycles. The Bertz CT molecular complexity index is 652. The molecule has 0 aliphatic carbocycles. The predicted molar refractivity (Wildman–Crippen MR) is 84.2 cm³/mol. The van der Waals surface area contributed by atoms with Crippen LogP contribution >= 0.6 is 11.3 Å². The number of thiazole rings is 1. The lowest BCUT2D eigenvalue weighted by atomic mass is 9.95. The number of nitrogens with zero attached hydrogens (tertiary/aromatic N) is 1. The van der Waals surface area contributed by atoms with Gasteiger partial charge in [-0.15, -0.1) is 11.3 Å². The van der Waals surface area contributed by atoms with E-state index in [4.69, 9.17) is 0 Å². The molecular weight excluding hydrogens is 282 g/mol. The third-order valence-corrected chi connectivity index (χ3v) is 4.86. The van der Waals surface area contributed by atoms with E-state index in [9.17, 15) is 4.79 Å². The predicted octanol–water partition coefficient (Wildman–Crippen LogP) is 2.34. The summed E-state index contributed by atoms with van der Waals surface area (Å²) in [6.07, 6.45) is 2.59. The van der Waals surface area contributed by atoms with E-state index >= 15 is 0 Å². The second-order valence-corrected chi connectivity index (χ2v) is 6.71. The number of rotatable bonds is 3. The first-order chi connectivity index (χ1) is 10.1. The van der Waals surface area contributed by atoms with Gasteiger partial charge in [-0.25, -0.2) is 4.98 Å². The number of aryl methyl sites for hydroxylation is 1. The molecule has 2 heterocycles. The number of hydrogen-bond acceptors (Lipinski definition) is 4. The van der Waals surface area contributed by atoms with Crippen LogP contribution in [0.2, 0.25) is 0 Å². The summed E-state index contributed by atoms with van der Waals surface area (Å²) in [7, 11) is 0. The Balaban J connectivity index is 1.64. The monoisotopic (exact) mass is 301 g/mol. The Hall–Kier alpha value is -1.72. The van der Waals surface area contributed by atoms with Crippen molar-refractivity contribution in [3.05, 3.63) is 51.5 Å². The van der Waals surface area contributed by atoms with Crippen LogP contribution in [0, 0.1) is 6.92 Å².